The Morgan fingerprint density at radius 1 is 1.12 bits per heavy atom. The third-order valence-corrected chi connectivity index (χ3v) is 6.89. The maximum absolute atomic E-state index is 12.7. The molecule has 0 saturated heterocycles. The van der Waals surface area contributed by atoms with Crippen molar-refractivity contribution in [1.82, 2.24) is 14.6 Å². The van der Waals surface area contributed by atoms with Gasteiger partial charge in [0.15, 0.2) is 5.65 Å². The van der Waals surface area contributed by atoms with Gasteiger partial charge < -0.3 is 10.5 Å². The lowest BCUT2D eigenvalue weighted by molar-refractivity contribution is 0.0528. The number of hydrogen-bond acceptors (Lipinski definition) is 7. The summed E-state index contributed by atoms with van der Waals surface area (Å²) in [5.74, 6) is -0.359. The lowest BCUT2D eigenvalue weighted by atomic mass is 10.1. The molecule has 0 aliphatic rings. The highest BCUT2D eigenvalue weighted by atomic mass is 35.5. The molecule has 0 saturated carbocycles. The van der Waals surface area contributed by atoms with Gasteiger partial charge in [0, 0.05) is 17.3 Å². The topological polar surface area (TPSA) is 129 Å². The molecule has 2 aromatic carbocycles. The first-order valence-electron chi connectivity index (χ1n) is 9.59. The van der Waals surface area contributed by atoms with Crippen LogP contribution in [0.1, 0.15) is 17.3 Å². The largest absolute Gasteiger partial charge is 0.462 e. The van der Waals surface area contributed by atoms with Gasteiger partial charge in [-0.1, -0.05) is 41.4 Å². The molecule has 2 aromatic heterocycles. The molecule has 4 aromatic rings. The summed E-state index contributed by atoms with van der Waals surface area (Å²) in [6.07, 6.45) is 2.79. The van der Waals surface area contributed by atoms with E-state index in [1.807, 2.05) is 0 Å². The monoisotopic (exact) mass is 505 g/mol. The van der Waals surface area contributed by atoms with E-state index in [2.05, 4.69) is 14.8 Å². The smallest absolute Gasteiger partial charge is 0.343 e. The summed E-state index contributed by atoms with van der Waals surface area (Å²) in [5.41, 5.74) is 7.88. The number of nitrogens with one attached hydrogen (secondary N) is 1. The lowest BCUT2D eigenvalue weighted by Gasteiger charge is -2.13. The maximum atomic E-state index is 12.7. The van der Waals surface area contributed by atoms with Crippen LogP contribution >= 0.6 is 23.2 Å². The quantitative estimate of drug-likeness (QED) is 0.374. The van der Waals surface area contributed by atoms with Crippen molar-refractivity contribution < 1.29 is 17.9 Å². The van der Waals surface area contributed by atoms with Crippen molar-refractivity contribution in [1.29, 1.82) is 0 Å². The minimum atomic E-state index is -3.92. The van der Waals surface area contributed by atoms with Crippen LogP contribution < -0.4 is 10.5 Å². The highest BCUT2D eigenvalue weighted by molar-refractivity contribution is 7.92. The van der Waals surface area contributed by atoms with Crippen LogP contribution in [0.15, 0.2) is 59.8 Å². The zero-order chi connectivity index (χ0) is 23.8. The first-order chi connectivity index (χ1) is 15.7. The van der Waals surface area contributed by atoms with Gasteiger partial charge in [-0.2, -0.15) is 9.61 Å². The van der Waals surface area contributed by atoms with E-state index in [1.54, 1.807) is 25.1 Å². The Kier molecular flexibility index (Phi) is 6.15. The second-order valence-corrected chi connectivity index (χ2v) is 9.27. The van der Waals surface area contributed by atoms with Gasteiger partial charge in [0.05, 0.1) is 28.5 Å². The van der Waals surface area contributed by atoms with Gasteiger partial charge in [-0.3, -0.25) is 4.72 Å². The van der Waals surface area contributed by atoms with Crippen molar-refractivity contribution in [3.8, 4) is 11.1 Å². The van der Waals surface area contributed by atoms with Crippen LogP contribution in [-0.2, 0) is 14.8 Å². The van der Waals surface area contributed by atoms with Crippen molar-refractivity contribution in [2.45, 2.75) is 11.8 Å². The number of rotatable bonds is 6. The van der Waals surface area contributed by atoms with Crippen LogP contribution in [0, 0.1) is 0 Å². The standard InChI is InChI=1S/C21H17Cl2N5O4S/c1-2-32-21(29)15-11-26-28-19(24)14(10-25-20(15)28)13-8-7-12(9-17(13)23)27-33(30,31)18-6-4-3-5-16(18)22/h3-11,27H,2,24H2,1H3. The second kappa shape index (κ2) is 8.89. The van der Waals surface area contributed by atoms with Crippen molar-refractivity contribution >= 4 is 56.3 Å². The van der Waals surface area contributed by atoms with E-state index in [-0.39, 0.29) is 44.3 Å². The van der Waals surface area contributed by atoms with Gasteiger partial charge in [-0.25, -0.2) is 18.2 Å². The van der Waals surface area contributed by atoms with E-state index >= 15 is 0 Å². The molecule has 0 bridgehead atoms. The predicted molar refractivity (Wildman–Crippen MR) is 126 cm³/mol. The van der Waals surface area contributed by atoms with Crippen molar-refractivity contribution in [2.75, 3.05) is 17.1 Å². The molecular weight excluding hydrogens is 489 g/mol. The van der Waals surface area contributed by atoms with E-state index in [4.69, 9.17) is 33.7 Å². The molecule has 0 aliphatic heterocycles. The fraction of sp³-hybridized carbons (Fsp3) is 0.0952. The first-order valence-corrected chi connectivity index (χ1v) is 11.8. The number of fused-ring (bicyclic) bond motifs is 1. The highest BCUT2D eigenvalue weighted by Gasteiger charge is 2.21. The van der Waals surface area contributed by atoms with Crippen LogP contribution in [0.4, 0.5) is 11.5 Å². The highest BCUT2D eigenvalue weighted by Crippen LogP contribution is 2.34. The predicted octanol–water partition coefficient (Wildman–Crippen LogP) is 4.26. The van der Waals surface area contributed by atoms with Crippen LogP contribution in [0.5, 0.6) is 0 Å². The van der Waals surface area contributed by atoms with Crippen LogP contribution in [-0.4, -0.2) is 35.6 Å². The number of nitrogens with two attached hydrogens (primary N) is 1. The van der Waals surface area contributed by atoms with Crippen molar-refractivity contribution in [3.63, 3.8) is 0 Å². The number of esters is 1. The van der Waals surface area contributed by atoms with Crippen LogP contribution in [0.2, 0.25) is 10.0 Å². The fourth-order valence-corrected chi connectivity index (χ4v) is 5.03. The summed E-state index contributed by atoms with van der Waals surface area (Å²) < 4.78 is 34.1. The minimum absolute atomic E-state index is 0.0538. The first kappa shape index (κ1) is 22.8. The molecule has 170 valence electrons. The molecule has 12 heteroatoms. The van der Waals surface area contributed by atoms with Gasteiger partial charge in [0.25, 0.3) is 10.0 Å². The second-order valence-electron chi connectivity index (χ2n) is 6.80. The minimum Gasteiger partial charge on any atom is -0.462 e. The molecule has 0 amide bonds. The van der Waals surface area contributed by atoms with Crippen molar-refractivity contribution in [2.24, 2.45) is 0 Å². The zero-order valence-electron chi connectivity index (χ0n) is 17.1. The summed E-state index contributed by atoms with van der Waals surface area (Å²) in [6.45, 7) is 1.91. The molecule has 0 unspecified atom stereocenters. The number of ether oxygens (including phenoxy) is 1. The summed E-state index contributed by atoms with van der Waals surface area (Å²) in [7, 11) is -3.92. The number of carbonyl (C=O) groups excluding carboxylic acids is 1. The molecule has 33 heavy (non-hydrogen) atoms. The summed E-state index contributed by atoms with van der Waals surface area (Å²) in [6, 6.07) is 10.7. The van der Waals surface area contributed by atoms with E-state index in [0.29, 0.717) is 11.1 Å². The number of nitrogen functional groups attached to an aromatic ring is 1. The average Bonchev–Trinajstić information content (AvgIpc) is 3.20. The Balaban J connectivity index is 1.68. The Bertz CT molecular complexity index is 1490. The third kappa shape index (κ3) is 4.32. The number of benzene rings is 2. The Morgan fingerprint density at radius 3 is 2.58 bits per heavy atom. The molecule has 0 radical (unpaired) electrons. The number of sulfonamides is 1. The molecule has 0 aliphatic carbocycles. The summed E-state index contributed by atoms with van der Waals surface area (Å²) in [5, 5.41) is 4.45. The van der Waals surface area contributed by atoms with E-state index in [1.165, 1.54) is 41.2 Å². The fourth-order valence-electron chi connectivity index (χ4n) is 3.18. The van der Waals surface area contributed by atoms with Gasteiger partial charge in [-0.05, 0) is 31.2 Å². The number of nitrogens with zero attached hydrogens (tertiary/aromatic N) is 3. The van der Waals surface area contributed by atoms with E-state index < -0.39 is 16.0 Å². The number of aromatic nitrogens is 3. The number of halogens is 2. The molecule has 0 fully saturated rings. The molecule has 4 rings (SSSR count). The van der Waals surface area contributed by atoms with Gasteiger partial charge >= 0.3 is 5.97 Å². The zero-order valence-corrected chi connectivity index (χ0v) is 19.4. The molecule has 2 heterocycles. The summed E-state index contributed by atoms with van der Waals surface area (Å²) in [4.78, 5) is 16.3. The lowest BCUT2D eigenvalue weighted by Crippen LogP contribution is -2.13. The normalized spacial score (nSPS) is 11.5. The third-order valence-electron chi connectivity index (χ3n) is 4.70. The average molecular weight is 506 g/mol. The van der Waals surface area contributed by atoms with Crippen molar-refractivity contribution in [3.05, 3.63) is 70.5 Å². The maximum Gasteiger partial charge on any atom is 0.343 e. The Hall–Kier alpha value is -3.34. The van der Waals surface area contributed by atoms with Crippen LogP contribution in [0.3, 0.4) is 0 Å². The molecular formula is C21H17Cl2N5O4S. The number of anilines is 2. The Morgan fingerprint density at radius 2 is 1.88 bits per heavy atom. The number of hydrogen-bond donors (Lipinski definition) is 2. The van der Waals surface area contributed by atoms with E-state index in [9.17, 15) is 13.2 Å². The van der Waals surface area contributed by atoms with Gasteiger partial charge in [-0.15, -0.1) is 0 Å². The van der Waals surface area contributed by atoms with Crippen LogP contribution in [0.25, 0.3) is 16.8 Å². The molecule has 9 nitrogen and oxygen atoms in total. The van der Waals surface area contributed by atoms with Gasteiger partial charge in [0.2, 0.25) is 0 Å². The van der Waals surface area contributed by atoms with Gasteiger partial charge in [0.1, 0.15) is 16.3 Å². The SMILES string of the molecule is CCOC(=O)c1cnn2c(N)c(-c3ccc(NS(=O)(=O)c4ccccc4Cl)cc3Cl)cnc12. The number of carbonyl (C=O) groups is 1. The molecule has 3 N–H and O–H groups in total. The van der Waals surface area contributed by atoms with E-state index in [0.717, 1.165) is 0 Å². The summed E-state index contributed by atoms with van der Waals surface area (Å²) >= 11 is 12.5. The molecule has 0 spiro atoms. The molecule has 0 atom stereocenters. The Labute approximate surface area is 199 Å².